The van der Waals surface area contributed by atoms with Gasteiger partial charge in [0.1, 0.15) is 5.92 Å². The first-order valence-corrected chi connectivity index (χ1v) is 13.2. The van der Waals surface area contributed by atoms with Gasteiger partial charge in [0.05, 0.1) is 29.5 Å². The molecule has 12 heteroatoms. The lowest BCUT2D eigenvalue weighted by Crippen LogP contribution is -2.40. The summed E-state index contributed by atoms with van der Waals surface area (Å²) in [6, 6.07) is 15.1. The molecule has 1 amide bonds. The maximum atomic E-state index is 13.3. The van der Waals surface area contributed by atoms with Crippen LogP contribution in [0.3, 0.4) is 0 Å². The fourth-order valence-corrected chi connectivity index (χ4v) is 4.75. The van der Waals surface area contributed by atoms with Crippen LogP contribution in [0.4, 0.5) is 5.69 Å². The van der Waals surface area contributed by atoms with Gasteiger partial charge in [0.2, 0.25) is 5.91 Å². The first kappa shape index (κ1) is 28.9. The topological polar surface area (TPSA) is 170 Å². The molecule has 194 valence electrons. The van der Waals surface area contributed by atoms with Crippen molar-refractivity contribution in [2.45, 2.75) is 32.2 Å². The number of hydrogen-bond acceptors (Lipinski definition) is 8. The standard InChI is InChI=1S/C24H27N3O6S2.H3N/c1-3-22-25-21(15-34-22)20(14-17-9-11-18(12-10-17)27-35(30,31)32)26-23(28)19(24(29)33-2)13-16-7-5-4-6-8-16;/h4-12,15,19-20,27H,3,13-14H2,1-2H3,(H,26,28)(H,30,31,32);1H3. The number of nitrogens with zero attached hydrogens (tertiary/aromatic N) is 1. The predicted molar refractivity (Wildman–Crippen MR) is 138 cm³/mol. The van der Waals surface area contributed by atoms with Gasteiger partial charge in [-0.3, -0.25) is 18.9 Å². The molecule has 10 nitrogen and oxygen atoms in total. The van der Waals surface area contributed by atoms with Gasteiger partial charge in [-0.1, -0.05) is 49.4 Å². The van der Waals surface area contributed by atoms with Crippen LogP contribution in [0, 0.1) is 5.92 Å². The zero-order chi connectivity index (χ0) is 25.4. The minimum atomic E-state index is -4.38. The second-order valence-corrected chi connectivity index (χ2v) is 9.92. The van der Waals surface area contributed by atoms with Crippen LogP contribution in [0.5, 0.6) is 0 Å². The van der Waals surface area contributed by atoms with Gasteiger partial charge < -0.3 is 16.2 Å². The van der Waals surface area contributed by atoms with Crippen molar-refractivity contribution >= 4 is 39.2 Å². The molecule has 3 aromatic rings. The second-order valence-electron chi connectivity index (χ2n) is 7.82. The van der Waals surface area contributed by atoms with Crippen LogP contribution in [-0.4, -0.2) is 36.9 Å². The smallest absolute Gasteiger partial charge is 0.357 e. The van der Waals surface area contributed by atoms with Crippen LogP contribution in [0.25, 0.3) is 0 Å². The van der Waals surface area contributed by atoms with Crippen molar-refractivity contribution < 1.29 is 27.3 Å². The first-order valence-electron chi connectivity index (χ1n) is 10.9. The molecule has 3 rings (SSSR count). The summed E-state index contributed by atoms with van der Waals surface area (Å²) in [7, 11) is -3.13. The van der Waals surface area contributed by atoms with E-state index in [1.807, 2.05) is 47.4 Å². The molecule has 0 aliphatic carbocycles. The maximum Gasteiger partial charge on any atom is 0.357 e. The number of carbonyl (C=O) groups is 2. The molecule has 0 saturated carbocycles. The summed E-state index contributed by atoms with van der Waals surface area (Å²) in [4.78, 5) is 30.3. The van der Waals surface area contributed by atoms with E-state index in [-0.39, 0.29) is 18.3 Å². The van der Waals surface area contributed by atoms with Crippen LogP contribution in [-0.2, 0) is 43.9 Å². The molecule has 36 heavy (non-hydrogen) atoms. The Labute approximate surface area is 214 Å². The van der Waals surface area contributed by atoms with Crippen molar-refractivity contribution in [2.75, 3.05) is 11.8 Å². The largest absolute Gasteiger partial charge is 0.468 e. The molecule has 0 bridgehead atoms. The van der Waals surface area contributed by atoms with E-state index in [0.29, 0.717) is 12.1 Å². The Morgan fingerprint density at radius 3 is 2.25 bits per heavy atom. The number of aryl methyl sites for hydroxylation is 1. The molecular formula is C24H30N4O6S2. The molecule has 2 unspecified atom stereocenters. The van der Waals surface area contributed by atoms with E-state index in [4.69, 9.17) is 9.29 Å². The van der Waals surface area contributed by atoms with Gasteiger partial charge in [0.25, 0.3) is 0 Å². The van der Waals surface area contributed by atoms with Gasteiger partial charge in [-0.15, -0.1) is 11.3 Å². The van der Waals surface area contributed by atoms with Crippen LogP contribution >= 0.6 is 11.3 Å². The second kappa shape index (κ2) is 13.1. The molecule has 2 atom stereocenters. The number of thiazole rings is 1. The Balaban J connectivity index is 0.00000456. The van der Waals surface area contributed by atoms with Gasteiger partial charge in [-0.25, -0.2) is 4.98 Å². The Morgan fingerprint density at radius 2 is 1.69 bits per heavy atom. The van der Waals surface area contributed by atoms with Crippen LogP contribution in [0.2, 0.25) is 0 Å². The number of esters is 1. The van der Waals surface area contributed by atoms with E-state index in [9.17, 15) is 18.0 Å². The number of hydrogen-bond donors (Lipinski definition) is 4. The highest BCUT2D eigenvalue weighted by molar-refractivity contribution is 7.87. The Kier molecular flexibility index (Phi) is 10.5. The summed E-state index contributed by atoms with van der Waals surface area (Å²) in [5.74, 6) is -2.13. The maximum absolute atomic E-state index is 13.3. The average Bonchev–Trinajstić information content (AvgIpc) is 3.32. The molecule has 1 aromatic heterocycles. The lowest BCUT2D eigenvalue weighted by Gasteiger charge is -2.21. The summed E-state index contributed by atoms with van der Waals surface area (Å²) in [5, 5.41) is 5.76. The molecule has 0 saturated heterocycles. The van der Waals surface area contributed by atoms with Gasteiger partial charge in [0, 0.05) is 5.38 Å². The minimum Gasteiger partial charge on any atom is -0.468 e. The normalized spacial score (nSPS) is 12.6. The Hall–Kier alpha value is -3.32. The number of rotatable bonds is 11. The lowest BCUT2D eigenvalue weighted by atomic mass is 9.97. The molecule has 0 spiro atoms. The zero-order valence-electron chi connectivity index (χ0n) is 20.0. The molecule has 0 fully saturated rings. The Bertz CT molecular complexity index is 1250. The van der Waals surface area contributed by atoms with Gasteiger partial charge in [-0.05, 0) is 42.5 Å². The number of nitrogens with one attached hydrogen (secondary N) is 2. The van der Waals surface area contributed by atoms with Crippen molar-refractivity contribution in [1.29, 1.82) is 0 Å². The number of anilines is 1. The fraction of sp³-hybridized carbons (Fsp3) is 0.292. The van der Waals surface area contributed by atoms with Crippen LogP contribution in [0.1, 0.15) is 34.8 Å². The third-order valence-electron chi connectivity index (χ3n) is 5.27. The van der Waals surface area contributed by atoms with Gasteiger partial charge in [-0.2, -0.15) is 8.42 Å². The molecule has 0 aliphatic rings. The van der Waals surface area contributed by atoms with E-state index in [1.54, 1.807) is 12.1 Å². The molecular weight excluding hydrogens is 504 g/mol. The molecule has 2 aromatic carbocycles. The van der Waals surface area contributed by atoms with Gasteiger partial charge >= 0.3 is 16.3 Å². The summed E-state index contributed by atoms with van der Waals surface area (Å²) in [5.41, 5.74) is 2.49. The van der Waals surface area contributed by atoms with Crippen molar-refractivity contribution in [3.8, 4) is 0 Å². The van der Waals surface area contributed by atoms with E-state index in [0.717, 1.165) is 22.6 Å². The summed E-state index contributed by atoms with van der Waals surface area (Å²) >= 11 is 1.49. The average molecular weight is 535 g/mol. The number of benzene rings is 2. The number of aromatic nitrogens is 1. The predicted octanol–water partition coefficient (Wildman–Crippen LogP) is 3.51. The highest BCUT2D eigenvalue weighted by atomic mass is 32.2. The van der Waals surface area contributed by atoms with Crippen molar-refractivity contribution in [3.63, 3.8) is 0 Å². The van der Waals surface area contributed by atoms with E-state index < -0.39 is 34.1 Å². The zero-order valence-corrected chi connectivity index (χ0v) is 21.6. The van der Waals surface area contributed by atoms with Crippen LogP contribution in [0.15, 0.2) is 60.0 Å². The molecule has 1 heterocycles. The first-order chi connectivity index (χ1) is 16.7. The quantitative estimate of drug-likeness (QED) is 0.164. The SMILES string of the molecule is CCc1nc(C(Cc2ccc(NS(=O)(=O)O)cc2)NC(=O)C(Cc2ccccc2)C(=O)OC)cs1.N. The van der Waals surface area contributed by atoms with Crippen LogP contribution < -0.4 is 16.2 Å². The minimum absolute atomic E-state index is 0. The summed E-state index contributed by atoms with van der Waals surface area (Å²) in [6.45, 7) is 1.99. The monoisotopic (exact) mass is 534 g/mol. The molecule has 0 aliphatic heterocycles. The molecule has 6 N–H and O–H groups in total. The number of amides is 1. The fourth-order valence-electron chi connectivity index (χ4n) is 3.52. The number of methoxy groups -OCH3 is 1. The highest BCUT2D eigenvalue weighted by Gasteiger charge is 2.30. The molecule has 0 radical (unpaired) electrons. The summed E-state index contributed by atoms with van der Waals surface area (Å²) < 4.78 is 37.9. The van der Waals surface area contributed by atoms with Crippen molar-refractivity contribution in [3.05, 3.63) is 81.8 Å². The Morgan fingerprint density at radius 1 is 1.06 bits per heavy atom. The van der Waals surface area contributed by atoms with Crippen molar-refractivity contribution in [1.82, 2.24) is 16.5 Å². The van der Waals surface area contributed by atoms with Gasteiger partial charge in [0.15, 0.2) is 0 Å². The highest BCUT2D eigenvalue weighted by Crippen LogP contribution is 2.24. The van der Waals surface area contributed by atoms with E-state index in [2.05, 4.69) is 10.3 Å². The number of carbonyl (C=O) groups excluding carboxylic acids is 2. The van der Waals surface area contributed by atoms with E-state index in [1.165, 1.54) is 30.6 Å². The van der Waals surface area contributed by atoms with Crippen molar-refractivity contribution in [2.24, 2.45) is 5.92 Å². The summed E-state index contributed by atoms with van der Waals surface area (Å²) in [6.07, 6.45) is 1.30. The third-order valence-corrected chi connectivity index (χ3v) is 6.78. The number of ether oxygens (including phenoxy) is 1. The third kappa shape index (κ3) is 8.41. The lowest BCUT2D eigenvalue weighted by molar-refractivity contribution is -0.150. The van der Waals surface area contributed by atoms with E-state index >= 15 is 0 Å².